The Morgan fingerprint density at radius 2 is 2.06 bits per heavy atom. The fourth-order valence-corrected chi connectivity index (χ4v) is 1.42. The fourth-order valence-electron chi connectivity index (χ4n) is 1.42. The fraction of sp³-hybridized carbons (Fsp3) is 0.154. The molecule has 94 valence electrons. The van der Waals surface area contributed by atoms with E-state index >= 15 is 0 Å². The topological polar surface area (TPSA) is 68.9 Å². The number of carboxylic acids is 1. The number of methoxy groups -OCH3 is 1. The average Bonchev–Trinajstić information content (AvgIpc) is 2.85. The Morgan fingerprint density at radius 3 is 2.72 bits per heavy atom. The highest BCUT2D eigenvalue weighted by molar-refractivity contribution is 5.84. The molecule has 18 heavy (non-hydrogen) atoms. The average molecular weight is 248 g/mol. The summed E-state index contributed by atoms with van der Waals surface area (Å²) >= 11 is 0. The molecule has 0 bridgehead atoms. The van der Waals surface area contributed by atoms with Gasteiger partial charge in [-0.25, -0.2) is 4.79 Å². The first-order valence-corrected chi connectivity index (χ1v) is 5.28. The van der Waals surface area contributed by atoms with E-state index in [1.54, 1.807) is 31.4 Å². The van der Waals surface area contributed by atoms with E-state index < -0.39 is 5.97 Å². The van der Waals surface area contributed by atoms with Gasteiger partial charge in [-0.2, -0.15) is 0 Å². The van der Waals surface area contributed by atoms with Crippen molar-refractivity contribution in [1.82, 2.24) is 0 Å². The van der Waals surface area contributed by atoms with E-state index in [9.17, 15) is 4.79 Å². The van der Waals surface area contributed by atoms with Crippen LogP contribution in [0.1, 0.15) is 16.3 Å². The molecule has 1 heterocycles. The lowest BCUT2D eigenvalue weighted by atomic mass is 10.3. The Kier molecular flexibility index (Phi) is 3.52. The van der Waals surface area contributed by atoms with Crippen LogP contribution in [-0.2, 0) is 6.61 Å². The lowest BCUT2D eigenvalue weighted by molar-refractivity contribution is 0.0658. The van der Waals surface area contributed by atoms with Crippen molar-refractivity contribution in [2.24, 2.45) is 0 Å². The van der Waals surface area contributed by atoms with Crippen molar-refractivity contribution < 1.29 is 23.8 Å². The number of carbonyl (C=O) groups is 1. The third-order valence-corrected chi connectivity index (χ3v) is 2.29. The standard InChI is InChI=1S/C13H12O5/c1-16-9-3-2-4-10(7-9)17-8-11-5-6-12(18-11)13(14)15/h2-7H,8H2,1H3,(H,14,15). The van der Waals surface area contributed by atoms with Gasteiger partial charge in [-0.1, -0.05) is 6.07 Å². The zero-order valence-corrected chi connectivity index (χ0v) is 9.75. The van der Waals surface area contributed by atoms with E-state index in [2.05, 4.69) is 0 Å². The van der Waals surface area contributed by atoms with Crippen LogP contribution in [0.15, 0.2) is 40.8 Å². The van der Waals surface area contributed by atoms with E-state index in [1.165, 1.54) is 6.07 Å². The monoisotopic (exact) mass is 248 g/mol. The summed E-state index contributed by atoms with van der Waals surface area (Å²) in [5.41, 5.74) is 0. The van der Waals surface area contributed by atoms with Crippen molar-refractivity contribution >= 4 is 5.97 Å². The van der Waals surface area contributed by atoms with Gasteiger partial charge in [0, 0.05) is 6.07 Å². The molecular weight excluding hydrogens is 236 g/mol. The van der Waals surface area contributed by atoms with Crippen molar-refractivity contribution in [3.8, 4) is 11.5 Å². The molecule has 0 aliphatic heterocycles. The van der Waals surface area contributed by atoms with Gasteiger partial charge in [-0.15, -0.1) is 0 Å². The number of carboxylic acid groups (broad SMARTS) is 1. The van der Waals surface area contributed by atoms with E-state index in [-0.39, 0.29) is 12.4 Å². The van der Waals surface area contributed by atoms with Crippen LogP contribution in [0, 0.1) is 0 Å². The van der Waals surface area contributed by atoms with Crippen LogP contribution >= 0.6 is 0 Å². The van der Waals surface area contributed by atoms with Gasteiger partial charge in [-0.3, -0.25) is 0 Å². The Morgan fingerprint density at radius 1 is 1.28 bits per heavy atom. The summed E-state index contributed by atoms with van der Waals surface area (Å²) in [4.78, 5) is 10.6. The van der Waals surface area contributed by atoms with Gasteiger partial charge in [0.2, 0.25) is 5.76 Å². The maximum Gasteiger partial charge on any atom is 0.371 e. The molecule has 0 spiro atoms. The molecule has 0 radical (unpaired) electrons. The Bertz CT molecular complexity index is 544. The molecule has 0 saturated heterocycles. The predicted molar refractivity (Wildman–Crippen MR) is 63.0 cm³/mol. The van der Waals surface area contributed by atoms with Crippen molar-refractivity contribution in [2.75, 3.05) is 7.11 Å². The van der Waals surface area contributed by atoms with Crippen LogP contribution in [-0.4, -0.2) is 18.2 Å². The molecule has 1 aromatic heterocycles. The van der Waals surface area contributed by atoms with Gasteiger partial charge in [0.05, 0.1) is 7.11 Å². The van der Waals surface area contributed by atoms with Gasteiger partial charge in [0.1, 0.15) is 23.9 Å². The van der Waals surface area contributed by atoms with Crippen LogP contribution in [0.2, 0.25) is 0 Å². The minimum atomic E-state index is -1.09. The number of hydrogen-bond acceptors (Lipinski definition) is 4. The van der Waals surface area contributed by atoms with Crippen LogP contribution in [0.25, 0.3) is 0 Å². The van der Waals surface area contributed by atoms with E-state index in [0.717, 1.165) is 0 Å². The number of aromatic carboxylic acids is 1. The molecule has 2 aromatic rings. The zero-order valence-electron chi connectivity index (χ0n) is 9.75. The zero-order chi connectivity index (χ0) is 13.0. The normalized spacial score (nSPS) is 10.1. The number of benzene rings is 1. The minimum Gasteiger partial charge on any atom is -0.497 e. The molecule has 5 heteroatoms. The Labute approximate surface area is 104 Å². The molecule has 0 aliphatic rings. The molecule has 0 fully saturated rings. The third kappa shape index (κ3) is 2.82. The first-order valence-electron chi connectivity index (χ1n) is 5.28. The highest BCUT2D eigenvalue weighted by atomic mass is 16.5. The summed E-state index contributed by atoms with van der Waals surface area (Å²) < 4.78 is 15.6. The maximum absolute atomic E-state index is 10.6. The second-order valence-electron chi connectivity index (χ2n) is 3.54. The summed E-state index contributed by atoms with van der Waals surface area (Å²) in [7, 11) is 1.57. The number of rotatable bonds is 5. The summed E-state index contributed by atoms with van der Waals surface area (Å²) in [5, 5.41) is 8.70. The van der Waals surface area contributed by atoms with Crippen molar-refractivity contribution in [3.63, 3.8) is 0 Å². The number of ether oxygens (including phenoxy) is 2. The van der Waals surface area contributed by atoms with Crippen molar-refractivity contribution in [2.45, 2.75) is 6.61 Å². The van der Waals surface area contributed by atoms with Crippen molar-refractivity contribution in [3.05, 3.63) is 47.9 Å². The largest absolute Gasteiger partial charge is 0.497 e. The number of hydrogen-bond donors (Lipinski definition) is 1. The molecule has 5 nitrogen and oxygen atoms in total. The first kappa shape index (κ1) is 12.0. The highest BCUT2D eigenvalue weighted by Crippen LogP contribution is 2.20. The van der Waals surface area contributed by atoms with Gasteiger partial charge in [-0.05, 0) is 24.3 Å². The minimum absolute atomic E-state index is 0.0979. The number of furan rings is 1. The SMILES string of the molecule is COc1cccc(OCc2ccc(C(=O)O)o2)c1. The van der Waals surface area contributed by atoms with E-state index in [4.69, 9.17) is 19.0 Å². The van der Waals surface area contributed by atoms with E-state index in [1.807, 2.05) is 6.07 Å². The summed E-state index contributed by atoms with van der Waals surface area (Å²) in [6.07, 6.45) is 0. The highest BCUT2D eigenvalue weighted by Gasteiger charge is 2.09. The maximum atomic E-state index is 10.6. The first-order chi connectivity index (χ1) is 8.69. The Hall–Kier alpha value is -2.43. The third-order valence-electron chi connectivity index (χ3n) is 2.29. The molecule has 0 saturated carbocycles. The van der Waals surface area contributed by atoms with E-state index in [0.29, 0.717) is 17.3 Å². The van der Waals surface area contributed by atoms with Crippen LogP contribution < -0.4 is 9.47 Å². The van der Waals surface area contributed by atoms with Crippen LogP contribution in [0.5, 0.6) is 11.5 Å². The van der Waals surface area contributed by atoms with Gasteiger partial charge < -0.3 is 19.0 Å². The molecule has 0 unspecified atom stereocenters. The quantitative estimate of drug-likeness (QED) is 0.880. The molecule has 0 atom stereocenters. The van der Waals surface area contributed by atoms with Gasteiger partial charge >= 0.3 is 5.97 Å². The van der Waals surface area contributed by atoms with Crippen molar-refractivity contribution in [1.29, 1.82) is 0 Å². The van der Waals surface area contributed by atoms with Crippen LogP contribution in [0.4, 0.5) is 0 Å². The van der Waals surface area contributed by atoms with Gasteiger partial charge in [0.25, 0.3) is 0 Å². The molecular formula is C13H12O5. The smallest absolute Gasteiger partial charge is 0.371 e. The van der Waals surface area contributed by atoms with Gasteiger partial charge in [0.15, 0.2) is 0 Å². The molecule has 1 aromatic carbocycles. The second kappa shape index (κ2) is 5.27. The Balaban J connectivity index is 1.99. The molecule has 2 rings (SSSR count). The lowest BCUT2D eigenvalue weighted by Crippen LogP contribution is -1.95. The predicted octanol–water partition coefficient (Wildman–Crippen LogP) is 2.57. The summed E-state index contributed by atoms with van der Waals surface area (Å²) in [5.74, 6) is 0.581. The second-order valence-corrected chi connectivity index (χ2v) is 3.54. The summed E-state index contributed by atoms with van der Waals surface area (Å²) in [6, 6.07) is 10.1. The lowest BCUT2D eigenvalue weighted by Gasteiger charge is -2.05. The summed E-state index contributed by atoms with van der Waals surface area (Å²) in [6.45, 7) is 0.167. The molecule has 0 aliphatic carbocycles. The molecule has 1 N–H and O–H groups in total. The molecule has 0 amide bonds. The van der Waals surface area contributed by atoms with Crippen LogP contribution in [0.3, 0.4) is 0 Å².